The zero-order valence-electron chi connectivity index (χ0n) is 10.3. The number of hydrogen-bond acceptors (Lipinski definition) is 4. The van der Waals surface area contributed by atoms with Crippen LogP contribution in [0.25, 0.3) is 0 Å². The zero-order valence-corrected chi connectivity index (χ0v) is 11.1. The van der Waals surface area contributed by atoms with Crippen LogP contribution in [0.4, 0.5) is 5.69 Å². The molecule has 1 aromatic carbocycles. The van der Waals surface area contributed by atoms with Crippen LogP contribution in [0.3, 0.4) is 0 Å². The molecule has 0 aliphatic heterocycles. The Hall–Kier alpha value is -1.46. The molecular weight excluding hydrogens is 270 g/mol. The Balaban J connectivity index is 2.00. The molecule has 0 N–H and O–H groups in total. The van der Waals surface area contributed by atoms with Crippen molar-refractivity contribution in [3.05, 3.63) is 38.9 Å². The summed E-state index contributed by atoms with van der Waals surface area (Å²) in [4.78, 5) is 21.6. The minimum atomic E-state index is -0.445. The molecular formula is C13H14ClNO4. The maximum atomic E-state index is 11.1. The van der Waals surface area contributed by atoms with Gasteiger partial charge in [0.2, 0.25) is 0 Å². The summed E-state index contributed by atoms with van der Waals surface area (Å²) in [7, 11) is 0. The van der Waals surface area contributed by atoms with Gasteiger partial charge in [0.05, 0.1) is 23.2 Å². The smallest absolute Gasteiger partial charge is 0.275 e. The van der Waals surface area contributed by atoms with Gasteiger partial charge in [-0.25, -0.2) is 0 Å². The SMILES string of the molecule is O=C1CCC(OCc2cc(Cl)ccc2[N+](=O)[O-])CC1. The van der Waals surface area contributed by atoms with Crippen molar-refractivity contribution in [3.8, 4) is 0 Å². The lowest BCUT2D eigenvalue weighted by atomic mass is 9.96. The number of nitro benzene ring substituents is 1. The highest BCUT2D eigenvalue weighted by Crippen LogP contribution is 2.25. The highest BCUT2D eigenvalue weighted by Gasteiger charge is 2.21. The van der Waals surface area contributed by atoms with Crippen molar-refractivity contribution >= 4 is 23.1 Å². The van der Waals surface area contributed by atoms with Crippen LogP contribution in [-0.2, 0) is 16.1 Å². The number of nitro groups is 1. The van der Waals surface area contributed by atoms with Crippen molar-refractivity contribution in [1.29, 1.82) is 0 Å². The molecule has 19 heavy (non-hydrogen) atoms. The number of carbonyl (C=O) groups excluding carboxylic acids is 1. The molecule has 1 aliphatic carbocycles. The first-order chi connectivity index (χ1) is 9.06. The molecule has 0 aromatic heterocycles. The van der Waals surface area contributed by atoms with Crippen LogP contribution < -0.4 is 0 Å². The predicted octanol–water partition coefficient (Wildman–Crippen LogP) is 3.28. The Morgan fingerprint density at radius 2 is 2.05 bits per heavy atom. The van der Waals surface area contributed by atoms with E-state index < -0.39 is 4.92 Å². The molecule has 1 fully saturated rings. The second-order valence-corrected chi connectivity index (χ2v) is 5.02. The predicted molar refractivity (Wildman–Crippen MR) is 70.2 cm³/mol. The third-order valence-corrected chi connectivity index (χ3v) is 3.44. The molecule has 0 amide bonds. The number of Topliss-reactive ketones (excluding diaryl/α,β-unsaturated/α-hetero) is 1. The average Bonchev–Trinajstić information content (AvgIpc) is 2.38. The van der Waals surface area contributed by atoms with Gasteiger partial charge in [-0.1, -0.05) is 11.6 Å². The molecule has 2 rings (SSSR count). The van der Waals surface area contributed by atoms with Gasteiger partial charge >= 0.3 is 0 Å². The van der Waals surface area contributed by atoms with Crippen molar-refractivity contribution in [3.63, 3.8) is 0 Å². The van der Waals surface area contributed by atoms with E-state index in [0.29, 0.717) is 36.3 Å². The molecule has 0 spiro atoms. The van der Waals surface area contributed by atoms with Crippen LogP contribution in [0.2, 0.25) is 5.02 Å². The van der Waals surface area contributed by atoms with Gasteiger partial charge in [-0.2, -0.15) is 0 Å². The number of nitrogens with zero attached hydrogens (tertiary/aromatic N) is 1. The maximum Gasteiger partial charge on any atom is 0.275 e. The highest BCUT2D eigenvalue weighted by molar-refractivity contribution is 6.30. The van der Waals surface area contributed by atoms with Gasteiger partial charge in [0.25, 0.3) is 5.69 Å². The minimum absolute atomic E-state index is 0.00344. The Bertz CT molecular complexity index is 493. The number of benzene rings is 1. The first-order valence-electron chi connectivity index (χ1n) is 6.12. The standard InChI is InChI=1S/C13H14ClNO4/c14-10-1-6-13(15(17)18)9(7-10)8-19-12-4-2-11(16)3-5-12/h1,6-7,12H,2-5,8H2. The van der Waals surface area contributed by atoms with Crippen LogP contribution in [0.15, 0.2) is 18.2 Å². The number of hydrogen-bond donors (Lipinski definition) is 0. The summed E-state index contributed by atoms with van der Waals surface area (Å²) >= 11 is 5.84. The lowest BCUT2D eigenvalue weighted by Gasteiger charge is -2.21. The van der Waals surface area contributed by atoms with Gasteiger partial charge in [-0.3, -0.25) is 14.9 Å². The molecule has 1 saturated carbocycles. The lowest BCUT2D eigenvalue weighted by molar-refractivity contribution is -0.386. The lowest BCUT2D eigenvalue weighted by Crippen LogP contribution is -2.21. The van der Waals surface area contributed by atoms with Crippen LogP contribution in [-0.4, -0.2) is 16.8 Å². The Kier molecular flexibility index (Phi) is 4.50. The third-order valence-electron chi connectivity index (χ3n) is 3.20. The van der Waals surface area contributed by atoms with Crippen molar-refractivity contribution < 1.29 is 14.5 Å². The number of halogens is 1. The summed E-state index contributed by atoms with van der Waals surface area (Å²) in [6.07, 6.45) is 2.43. The molecule has 0 heterocycles. The molecule has 0 unspecified atom stereocenters. The third kappa shape index (κ3) is 3.75. The first-order valence-corrected chi connectivity index (χ1v) is 6.50. The van der Waals surface area contributed by atoms with E-state index in [4.69, 9.17) is 16.3 Å². The molecule has 1 aliphatic rings. The summed E-state index contributed by atoms with van der Waals surface area (Å²) in [5, 5.41) is 11.3. The Morgan fingerprint density at radius 1 is 1.37 bits per heavy atom. The van der Waals surface area contributed by atoms with E-state index in [9.17, 15) is 14.9 Å². The summed E-state index contributed by atoms with van der Waals surface area (Å²) in [5.41, 5.74) is 0.477. The van der Waals surface area contributed by atoms with Crippen molar-refractivity contribution in [2.75, 3.05) is 0 Å². The molecule has 5 nitrogen and oxygen atoms in total. The summed E-state index contributed by atoms with van der Waals surface area (Å²) < 4.78 is 5.65. The Morgan fingerprint density at radius 3 is 2.68 bits per heavy atom. The molecule has 0 bridgehead atoms. The quantitative estimate of drug-likeness (QED) is 0.628. The second kappa shape index (κ2) is 6.12. The fraction of sp³-hybridized carbons (Fsp3) is 0.462. The van der Waals surface area contributed by atoms with Crippen molar-refractivity contribution in [1.82, 2.24) is 0 Å². The van der Waals surface area contributed by atoms with Crippen LogP contribution in [0.1, 0.15) is 31.2 Å². The molecule has 0 saturated heterocycles. The molecule has 0 atom stereocenters. The molecule has 0 radical (unpaired) electrons. The van der Waals surface area contributed by atoms with E-state index in [0.717, 1.165) is 0 Å². The van der Waals surface area contributed by atoms with Crippen LogP contribution >= 0.6 is 11.6 Å². The second-order valence-electron chi connectivity index (χ2n) is 4.58. The number of ether oxygens (including phenoxy) is 1. The first kappa shape index (κ1) is 14.0. The van der Waals surface area contributed by atoms with E-state index in [1.165, 1.54) is 12.1 Å². The van der Waals surface area contributed by atoms with Gasteiger partial charge in [-0.05, 0) is 25.0 Å². The van der Waals surface area contributed by atoms with Crippen LogP contribution in [0, 0.1) is 10.1 Å². The van der Waals surface area contributed by atoms with Gasteiger partial charge in [0.1, 0.15) is 5.78 Å². The van der Waals surface area contributed by atoms with Crippen molar-refractivity contribution in [2.45, 2.75) is 38.4 Å². The molecule has 1 aromatic rings. The van der Waals surface area contributed by atoms with E-state index in [1.807, 2.05) is 0 Å². The van der Waals surface area contributed by atoms with Crippen LogP contribution in [0.5, 0.6) is 0 Å². The molecule has 6 heteroatoms. The fourth-order valence-electron chi connectivity index (χ4n) is 2.14. The minimum Gasteiger partial charge on any atom is -0.373 e. The number of carbonyl (C=O) groups is 1. The van der Waals surface area contributed by atoms with E-state index in [-0.39, 0.29) is 24.2 Å². The summed E-state index contributed by atoms with van der Waals surface area (Å²) in [6.45, 7) is 0.149. The number of rotatable bonds is 4. The highest BCUT2D eigenvalue weighted by atomic mass is 35.5. The molecule has 102 valence electrons. The van der Waals surface area contributed by atoms with Gasteiger partial charge in [0, 0.05) is 23.9 Å². The largest absolute Gasteiger partial charge is 0.373 e. The maximum absolute atomic E-state index is 11.1. The summed E-state index contributed by atoms with van der Waals surface area (Å²) in [6, 6.07) is 4.42. The average molecular weight is 284 g/mol. The van der Waals surface area contributed by atoms with Crippen molar-refractivity contribution in [2.24, 2.45) is 0 Å². The Labute approximate surface area is 115 Å². The van der Waals surface area contributed by atoms with Gasteiger partial charge < -0.3 is 4.74 Å². The van der Waals surface area contributed by atoms with Gasteiger partial charge in [-0.15, -0.1) is 0 Å². The van der Waals surface area contributed by atoms with E-state index >= 15 is 0 Å². The normalized spacial score (nSPS) is 16.6. The summed E-state index contributed by atoms with van der Waals surface area (Å²) in [5.74, 6) is 0.258. The van der Waals surface area contributed by atoms with E-state index in [1.54, 1.807) is 6.07 Å². The number of ketones is 1. The topological polar surface area (TPSA) is 69.4 Å². The zero-order chi connectivity index (χ0) is 13.8. The van der Waals surface area contributed by atoms with E-state index in [2.05, 4.69) is 0 Å². The van der Waals surface area contributed by atoms with Gasteiger partial charge in [0.15, 0.2) is 0 Å². The monoisotopic (exact) mass is 283 g/mol. The fourth-order valence-corrected chi connectivity index (χ4v) is 2.33.